The van der Waals surface area contributed by atoms with Gasteiger partial charge in [0, 0.05) is 0 Å². The van der Waals surface area contributed by atoms with E-state index in [2.05, 4.69) is 10.1 Å². The fourth-order valence-electron chi connectivity index (χ4n) is 0.948. The summed E-state index contributed by atoms with van der Waals surface area (Å²) < 4.78 is 59.4. The molecule has 1 rings (SSSR count). The zero-order valence-electron chi connectivity index (χ0n) is 7.49. The summed E-state index contributed by atoms with van der Waals surface area (Å²) in [4.78, 5) is 1.66. The number of pyridine rings is 1. The molecule has 16 heavy (non-hydrogen) atoms. The molecule has 2 N–H and O–H groups in total. The first-order chi connectivity index (χ1) is 7.27. The van der Waals surface area contributed by atoms with Crippen LogP contribution in [0.1, 0.15) is 17.7 Å². The minimum Gasteiger partial charge on any atom is -0.225 e. The van der Waals surface area contributed by atoms with Gasteiger partial charge in [0.1, 0.15) is 22.2 Å². The Morgan fingerprint density at radius 1 is 1.50 bits per heavy atom. The molecule has 0 radical (unpaired) electrons. The van der Waals surface area contributed by atoms with Gasteiger partial charge in [0.05, 0.1) is 0 Å². The maximum atomic E-state index is 12.9. The van der Waals surface area contributed by atoms with Crippen molar-refractivity contribution in [1.29, 1.82) is 5.26 Å². The Bertz CT molecular complexity index is 565. The minimum absolute atomic E-state index is 0.430. The molecule has 0 aliphatic rings. The molecular formula is C7H4F3N3O2S. The van der Waals surface area contributed by atoms with Crippen LogP contribution in [0.15, 0.2) is 11.0 Å². The topological polar surface area (TPSA) is 96.8 Å². The van der Waals surface area contributed by atoms with Gasteiger partial charge in [0.2, 0.25) is 16.0 Å². The van der Waals surface area contributed by atoms with Crippen molar-refractivity contribution >= 4 is 10.0 Å². The molecule has 0 spiro atoms. The summed E-state index contributed by atoms with van der Waals surface area (Å²) in [6, 6.07) is 1.70. The van der Waals surface area contributed by atoms with Gasteiger partial charge >= 0.3 is 0 Å². The fourth-order valence-corrected chi connectivity index (χ4v) is 1.66. The first-order valence-corrected chi connectivity index (χ1v) is 5.23. The Labute approximate surface area is 88.4 Å². The molecule has 86 valence electrons. The van der Waals surface area contributed by atoms with Crippen LogP contribution in [0.3, 0.4) is 0 Å². The lowest BCUT2D eigenvalue weighted by atomic mass is 10.2. The van der Waals surface area contributed by atoms with E-state index in [1.807, 2.05) is 0 Å². The number of hydrogen-bond donors (Lipinski definition) is 1. The van der Waals surface area contributed by atoms with Crippen LogP contribution in [0.4, 0.5) is 13.2 Å². The lowest BCUT2D eigenvalue weighted by molar-refractivity contribution is 0.141. The van der Waals surface area contributed by atoms with Gasteiger partial charge in [-0.2, -0.15) is 9.65 Å². The lowest BCUT2D eigenvalue weighted by Gasteiger charge is -2.06. The van der Waals surface area contributed by atoms with E-state index in [-0.39, 0.29) is 0 Å². The van der Waals surface area contributed by atoms with Crippen molar-refractivity contribution in [3.63, 3.8) is 0 Å². The van der Waals surface area contributed by atoms with E-state index in [0.29, 0.717) is 6.07 Å². The number of alkyl halides is 2. The standard InChI is InChI=1S/C7H4F3N3O2S/c8-6(9)5-4(16(12,14)15)1-3(2-11)7(10)13-5/h1,6H,(H2,12,14,15). The molecule has 1 aromatic heterocycles. The van der Waals surface area contributed by atoms with Gasteiger partial charge in [-0.25, -0.2) is 27.3 Å². The summed E-state index contributed by atoms with van der Waals surface area (Å²) in [6.07, 6.45) is -3.31. The largest absolute Gasteiger partial charge is 0.281 e. The van der Waals surface area contributed by atoms with Crippen LogP contribution in [0.25, 0.3) is 0 Å². The highest BCUT2D eigenvalue weighted by Gasteiger charge is 2.25. The highest BCUT2D eigenvalue weighted by atomic mass is 32.2. The molecule has 0 atom stereocenters. The van der Waals surface area contributed by atoms with Crippen LogP contribution >= 0.6 is 0 Å². The van der Waals surface area contributed by atoms with Gasteiger partial charge in [0.15, 0.2) is 0 Å². The summed E-state index contributed by atoms with van der Waals surface area (Å²) in [5.74, 6) is -1.47. The molecule has 0 saturated carbocycles. The summed E-state index contributed by atoms with van der Waals surface area (Å²) in [7, 11) is -4.49. The van der Waals surface area contributed by atoms with E-state index in [4.69, 9.17) is 5.26 Å². The molecule has 0 amide bonds. The van der Waals surface area contributed by atoms with Gasteiger partial charge in [-0.1, -0.05) is 0 Å². The van der Waals surface area contributed by atoms with Crippen LogP contribution in [0.2, 0.25) is 0 Å². The molecule has 1 aromatic rings. The minimum atomic E-state index is -4.49. The Kier molecular flexibility index (Phi) is 3.16. The van der Waals surface area contributed by atoms with Crippen molar-refractivity contribution in [3.8, 4) is 6.07 Å². The first-order valence-electron chi connectivity index (χ1n) is 3.69. The van der Waals surface area contributed by atoms with Gasteiger partial charge in [-0.3, -0.25) is 0 Å². The monoisotopic (exact) mass is 251 g/mol. The van der Waals surface area contributed by atoms with E-state index in [1.54, 1.807) is 0 Å². The van der Waals surface area contributed by atoms with Crippen molar-refractivity contribution in [3.05, 3.63) is 23.3 Å². The van der Waals surface area contributed by atoms with Crippen LogP contribution < -0.4 is 5.14 Å². The molecule has 5 nitrogen and oxygen atoms in total. The van der Waals surface area contributed by atoms with E-state index in [9.17, 15) is 21.6 Å². The quantitative estimate of drug-likeness (QED) is 0.781. The fraction of sp³-hybridized carbons (Fsp3) is 0.143. The predicted octanol–water partition coefficient (Wildman–Crippen LogP) is 0.677. The Balaban J connectivity index is 3.64. The first kappa shape index (κ1) is 12.4. The van der Waals surface area contributed by atoms with Crippen LogP contribution in [-0.4, -0.2) is 13.4 Å². The summed E-state index contributed by atoms with van der Waals surface area (Å²) >= 11 is 0. The Hall–Kier alpha value is -1.66. The molecule has 0 aromatic carbocycles. The SMILES string of the molecule is N#Cc1cc(S(N)(=O)=O)c(C(F)F)nc1F. The molecule has 1 heterocycles. The number of halogens is 3. The second kappa shape index (κ2) is 4.07. The second-order valence-corrected chi connectivity index (χ2v) is 4.20. The number of aromatic nitrogens is 1. The van der Waals surface area contributed by atoms with Crippen molar-refractivity contribution in [2.45, 2.75) is 11.3 Å². The van der Waals surface area contributed by atoms with Crippen LogP contribution in [0.5, 0.6) is 0 Å². The third-order valence-electron chi connectivity index (χ3n) is 1.60. The Morgan fingerprint density at radius 3 is 2.44 bits per heavy atom. The van der Waals surface area contributed by atoms with E-state index < -0.39 is 38.5 Å². The van der Waals surface area contributed by atoms with Crippen LogP contribution in [-0.2, 0) is 10.0 Å². The smallest absolute Gasteiger partial charge is 0.225 e. The number of nitrogens with zero attached hydrogens (tertiary/aromatic N) is 2. The number of hydrogen-bond acceptors (Lipinski definition) is 4. The average molecular weight is 251 g/mol. The van der Waals surface area contributed by atoms with E-state index in [0.717, 1.165) is 0 Å². The van der Waals surface area contributed by atoms with Crippen molar-refractivity contribution in [2.75, 3.05) is 0 Å². The average Bonchev–Trinajstić information content (AvgIpc) is 2.15. The van der Waals surface area contributed by atoms with Crippen molar-refractivity contribution in [2.24, 2.45) is 5.14 Å². The highest BCUT2D eigenvalue weighted by Crippen LogP contribution is 2.25. The van der Waals surface area contributed by atoms with E-state index in [1.165, 1.54) is 6.07 Å². The number of nitriles is 1. The molecule has 0 bridgehead atoms. The van der Waals surface area contributed by atoms with Crippen molar-refractivity contribution in [1.82, 2.24) is 4.98 Å². The number of primary sulfonamides is 1. The summed E-state index contributed by atoms with van der Waals surface area (Å²) in [5.41, 5.74) is -2.08. The van der Waals surface area contributed by atoms with Gasteiger partial charge in [0.25, 0.3) is 6.43 Å². The third kappa shape index (κ3) is 2.29. The maximum absolute atomic E-state index is 12.9. The predicted molar refractivity (Wildman–Crippen MR) is 45.2 cm³/mol. The zero-order valence-corrected chi connectivity index (χ0v) is 8.30. The molecule has 0 saturated heterocycles. The van der Waals surface area contributed by atoms with E-state index >= 15 is 0 Å². The zero-order chi connectivity index (χ0) is 12.5. The maximum Gasteiger partial charge on any atom is 0.281 e. The number of sulfonamides is 1. The number of nitrogens with two attached hydrogens (primary N) is 1. The van der Waals surface area contributed by atoms with Crippen LogP contribution in [0, 0.1) is 17.3 Å². The molecule has 0 fully saturated rings. The molecule has 0 aliphatic carbocycles. The molecule has 0 aliphatic heterocycles. The number of rotatable bonds is 2. The second-order valence-electron chi connectivity index (χ2n) is 2.67. The summed E-state index contributed by atoms with van der Waals surface area (Å²) in [6.45, 7) is 0. The molecule has 9 heteroatoms. The Morgan fingerprint density at radius 2 is 2.06 bits per heavy atom. The molecule has 0 unspecified atom stereocenters. The normalized spacial score (nSPS) is 11.5. The van der Waals surface area contributed by atoms with Gasteiger partial charge in [-0.05, 0) is 6.07 Å². The lowest BCUT2D eigenvalue weighted by Crippen LogP contribution is -2.17. The highest BCUT2D eigenvalue weighted by molar-refractivity contribution is 7.89. The van der Waals surface area contributed by atoms with Gasteiger partial charge in [-0.15, -0.1) is 0 Å². The summed E-state index contributed by atoms with van der Waals surface area (Å²) in [5, 5.41) is 13.0. The van der Waals surface area contributed by atoms with Crippen molar-refractivity contribution < 1.29 is 21.6 Å². The third-order valence-corrected chi connectivity index (χ3v) is 2.54. The molecular weight excluding hydrogens is 247 g/mol. The van der Waals surface area contributed by atoms with Gasteiger partial charge < -0.3 is 0 Å².